The summed E-state index contributed by atoms with van der Waals surface area (Å²) in [6, 6.07) is 0. The summed E-state index contributed by atoms with van der Waals surface area (Å²) < 4.78 is 11.1. The highest BCUT2D eigenvalue weighted by atomic mass is 16.6. The van der Waals surface area contributed by atoms with Gasteiger partial charge in [-0.15, -0.1) is 0 Å². The van der Waals surface area contributed by atoms with Gasteiger partial charge in [-0.25, -0.2) is 0 Å². The van der Waals surface area contributed by atoms with E-state index in [4.69, 9.17) is 9.47 Å². The Bertz CT molecular complexity index is 787. The SMILES string of the molecule is C=C1C[C@]23C[C@@]1(O)CCC2[C@@]12C=C[C@@H](O)[C@@](C)(C(=O)O1)[C@H]2[C@@H]3C(=O)OC. The smallest absolute Gasteiger partial charge is 0.316 e. The van der Waals surface area contributed by atoms with E-state index in [1.54, 1.807) is 19.1 Å². The Morgan fingerprint density at radius 1 is 1.46 bits per heavy atom. The van der Waals surface area contributed by atoms with Crippen molar-refractivity contribution in [3.63, 3.8) is 0 Å². The molecule has 1 spiro atoms. The number of carbonyl (C=O) groups is 2. The molecule has 6 heteroatoms. The molecule has 1 aliphatic heterocycles. The molecule has 8 atom stereocenters. The number of methoxy groups -OCH3 is 1. The topological polar surface area (TPSA) is 93.1 Å². The number of carbonyl (C=O) groups excluding carboxylic acids is 2. The van der Waals surface area contributed by atoms with E-state index in [1.807, 2.05) is 0 Å². The van der Waals surface area contributed by atoms with Gasteiger partial charge < -0.3 is 19.7 Å². The summed E-state index contributed by atoms with van der Waals surface area (Å²) in [5.41, 5.74) is -2.89. The van der Waals surface area contributed by atoms with Gasteiger partial charge in [0.25, 0.3) is 0 Å². The fraction of sp³-hybridized carbons (Fsp3) is 0.700. The molecule has 2 N–H and O–H groups in total. The van der Waals surface area contributed by atoms with Crippen molar-refractivity contribution >= 4 is 11.9 Å². The molecule has 1 heterocycles. The van der Waals surface area contributed by atoms with Gasteiger partial charge in [0, 0.05) is 11.8 Å². The molecule has 3 saturated carbocycles. The highest BCUT2D eigenvalue weighted by Gasteiger charge is 2.83. The minimum absolute atomic E-state index is 0.0989. The first-order valence-electron chi connectivity index (χ1n) is 9.25. The highest BCUT2D eigenvalue weighted by Crippen LogP contribution is 2.77. The van der Waals surface area contributed by atoms with E-state index in [1.165, 1.54) is 7.11 Å². The molecule has 0 radical (unpaired) electrons. The summed E-state index contributed by atoms with van der Waals surface area (Å²) >= 11 is 0. The second kappa shape index (κ2) is 4.42. The first-order chi connectivity index (χ1) is 12.2. The van der Waals surface area contributed by atoms with Gasteiger partial charge in [0.2, 0.25) is 0 Å². The quantitative estimate of drug-likeness (QED) is 0.538. The van der Waals surface area contributed by atoms with Crippen LogP contribution in [0.15, 0.2) is 24.3 Å². The fourth-order valence-electron chi connectivity index (χ4n) is 7.24. The maximum atomic E-state index is 13.0. The lowest BCUT2D eigenvalue weighted by Crippen LogP contribution is -2.50. The number of fused-ring (bicyclic) bond motifs is 1. The van der Waals surface area contributed by atoms with Crippen molar-refractivity contribution in [2.75, 3.05) is 7.11 Å². The molecule has 0 aromatic carbocycles. The van der Waals surface area contributed by atoms with Crippen molar-refractivity contribution in [1.29, 1.82) is 0 Å². The van der Waals surface area contributed by atoms with Crippen LogP contribution in [0.4, 0.5) is 0 Å². The van der Waals surface area contributed by atoms with Crippen molar-refractivity contribution in [3.8, 4) is 0 Å². The maximum Gasteiger partial charge on any atom is 0.316 e. The number of aliphatic hydroxyl groups excluding tert-OH is 1. The lowest BCUT2D eigenvalue weighted by atomic mass is 9.61. The largest absolute Gasteiger partial charge is 0.469 e. The molecule has 140 valence electrons. The van der Waals surface area contributed by atoms with Gasteiger partial charge in [0.1, 0.15) is 11.0 Å². The number of aliphatic hydroxyl groups is 2. The molecule has 5 rings (SSSR count). The number of esters is 2. The third-order valence-corrected chi connectivity index (χ3v) is 8.31. The van der Waals surface area contributed by atoms with E-state index < -0.39 is 51.9 Å². The standard InChI is InChI=1S/C20H24O6/c1-10-8-18-9-19(10,24)6-4-11(18)20-7-5-12(21)17(2,16(23)26-20)14(20)13(18)15(22)25-3/h5,7,11-14,21,24H,1,4,6,8-9H2,2-3H3/t11?,12-,13-,14-,17-,18+,19+,20-/m1/s1. The van der Waals surface area contributed by atoms with Crippen LogP contribution in [-0.2, 0) is 19.1 Å². The summed E-state index contributed by atoms with van der Waals surface area (Å²) in [7, 11) is 1.35. The van der Waals surface area contributed by atoms with Crippen LogP contribution < -0.4 is 0 Å². The van der Waals surface area contributed by atoms with E-state index in [0.717, 1.165) is 5.57 Å². The van der Waals surface area contributed by atoms with Crippen molar-refractivity contribution in [3.05, 3.63) is 24.3 Å². The summed E-state index contributed by atoms with van der Waals surface area (Å²) in [6.07, 6.45) is 4.56. The van der Waals surface area contributed by atoms with Crippen LogP contribution in [0.5, 0.6) is 0 Å². The van der Waals surface area contributed by atoms with Crippen LogP contribution >= 0.6 is 0 Å². The minimum atomic E-state index is -1.19. The van der Waals surface area contributed by atoms with Gasteiger partial charge in [0.05, 0.1) is 24.7 Å². The number of hydrogen-bond acceptors (Lipinski definition) is 6. The first kappa shape index (κ1) is 16.5. The molecule has 0 aromatic rings. The molecule has 26 heavy (non-hydrogen) atoms. The van der Waals surface area contributed by atoms with E-state index >= 15 is 0 Å². The molecule has 6 nitrogen and oxygen atoms in total. The molecule has 0 aromatic heterocycles. The summed E-state index contributed by atoms with van der Waals surface area (Å²) in [6.45, 7) is 5.78. The summed E-state index contributed by atoms with van der Waals surface area (Å²) in [5, 5.41) is 21.7. The second-order valence-electron chi connectivity index (χ2n) is 9.12. The summed E-state index contributed by atoms with van der Waals surface area (Å²) in [4.78, 5) is 25.8. The maximum absolute atomic E-state index is 13.0. The molecular weight excluding hydrogens is 336 g/mol. The van der Waals surface area contributed by atoms with Crippen molar-refractivity contribution in [2.24, 2.45) is 28.6 Å². The zero-order valence-electron chi connectivity index (χ0n) is 15.0. The van der Waals surface area contributed by atoms with Crippen LogP contribution in [0.25, 0.3) is 0 Å². The molecular formula is C20H24O6. The second-order valence-corrected chi connectivity index (χ2v) is 9.12. The highest BCUT2D eigenvalue weighted by molar-refractivity contribution is 5.87. The van der Waals surface area contributed by atoms with E-state index in [2.05, 4.69) is 6.58 Å². The summed E-state index contributed by atoms with van der Waals surface area (Å²) in [5.74, 6) is -2.08. The van der Waals surface area contributed by atoms with E-state index in [-0.39, 0.29) is 5.92 Å². The fourth-order valence-corrected chi connectivity index (χ4v) is 7.24. The van der Waals surface area contributed by atoms with Crippen LogP contribution in [0.2, 0.25) is 0 Å². The Kier molecular flexibility index (Phi) is 2.81. The first-order valence-corrected chi connectivity index (χ1v) is 9.25. The van der Waals surface area contributed by atoms with Crippen LogP contribution in [0.1, 0.15) is 32.6 Å². The predicted molar refractivity (Wildman–Crippen MR) is 89.6 cm³/mol. The van der Waals surface area contributed by atoms with E-state index in [9.17, 15) is 19.8 Å². The number of rotatable bonds is 1. The zero-order chi connectivity index (χ0) is 18.7. The van der Waals surface area contributed by atoms with Crippen LogP contribution in [0, 0.1) is 28.6 Å². The lowest BCUT2D eigenvalue weighted by molar-refractivity contribution is -0.164. The Labute approximate surface area is 151 Å². The van der Waals surface area contributed by atoms with Gasteiger partial charge >= 0.3 is 11.9 Å². The lowest BCUT2D eigenvalue weighted by Gasteiger charge is -2.44. The molecule has 4 fully saturated rings. The third kappa shape index (κ3) is 1.43. The van der Waals surface area contributed by atoms with Crippen LogP contribution in [0.3, 0.4) is 0 Å². The molecule has 0 amide bonds. The third-order valence-electron chi connectivity index (χ3n) is 8.31. The van der Waals surface area contributed by atoms with Crippen LogP contribution in [-0.4, -0.2) is 46.6 Å². The Balaban J connectivity index is 1.78. The van der Waals surface area contributed by atoms with Gasteiger partial charge in [-0.05, 0) is 49.7 Å². The zero-order valence-corrected chi connectivity index (χ0v) is 15.0. The number of hydrogen-bond donors (Lipinski definition) is 2. The molecule has 4 aliphatic carbocycles. The number of ether oxygens (including phenoxy) is 2. The van der Waals surface area contributed by atoms with Gasteiger partial charge in [-0.1, -0.05) is 12.7 Å². The Morgan fingerprint density at radius 3 is 2.88 bits per heavy atom. The Morgan fingerprint density at radius 2 is 2.19 bits per heavy atom. The van der Waals surface area contributed by atoms with Crippen molar-refractivity contribution in [2.45, 2.75) is 49.9 Å². The molecule has 5 aliphatic rings. The minimum Gasteiger partial charge on any atom is -0.469 e. The van der Waals surface area contributed by atoms with Gasteiger partial charge in [-0.3, -0.25) is 9.59 Å². The van der Waals surface area contributed by atoms with Gasteiger partial charge in [0.15, 0.2) is 0 Å². The monoisotopic (exact) mass is 360 g/mol. The van der Waals surface area contributed by atoms with Crippen molar-refractivity contribution < 1.29 is 29.3 Å². The van der Waals surface area contributed by atoms with Gasteiger partial charge in [-0.2, -0.15) is 0 Å². The molecule has 4 bridgehead atoms. The average molecular weight is 360 g/mol. The normalized spacial score (nSPS) is 56.2. The predicted octanol–water partition coefficient (Wildman–Crippen LogP) is 1.12. The molecule has 1 saturated heterocycles. The molecule has 1 unspecified atom stereocenters. The average Bonchev–Trinajstić information content (AvgIpc) is 3.02. The van der Waals surface area contributed by atoms with Crippen molar-refractivity contribution in [1.82, 2.24) is 0 Å². The van der Waals surface area contributed by atoms with E-state index in [0.29, 0.717) is 25.7 Å². The Hall–Kier alpha value is -1.66.